The quantitative estimate of drug-likeness (QED) is 0.436. The summed E-state index contributed by atoms with van der Waals surface area (Å²) in [6, 6.07) is 20.1. The SMILES string of the molecule is Cc1ccc(NC(=O)CSc2nnc(Cc3cccn3C)n2-c2ccc(C)cc2)cc1. The van der Waals surface area contributed by atoms with Crippen LogP contribution in [0.4, 0.5) is 5.69 Å². The van der Waals surface area contributed by atoms with E-state index in [2.05, 4.69) is 57.3 Å². The molecule has 2 aromatic heterocycles. The van der Waals surface area contributed by atoms with Gasteiger partial charge in [-0.15, -0.1) is 10.2 Å². The summed E-state index contributed by atoms with van der Waals surface area (Å²) in [7, 11) is 2.02. The normalized spacial score (nSPS) is 10.9. The Morgan fingerprint density at radius 3 is 2.29 bits per heavy atom. The molecule has 0 saturated carbocycles. The molecule has 0 aliphatic carbocycles. The summed E-state index contributed by atoms with van der Waals surface area (Å²) >= 11 is 1.38. The van der Waals surface area contributed by atoms with Gasteiger partial charge in [-0.3, -0.25) is 9.36 Å². The fraction of sp³-hybridized carbons (Fsp3) is 0.208. The van der Waals surface area contributed by atoms with Gasteiger partial charge in [0.25, 0.3) is 0 Å². The molecule has 2 heterocycles. The summed E-state index contributed by atoms with van der Waals surface area (Å²) in [6.45, 7) is 4.08. The first-order valence-corrected chi connectivity index (χ1v) is 11.1. The summed E-state index contributed by atoms with van der Waals surface area (Å²) in [5, 5.41) is 12.5. The lowest BCUT2D eigenvalue weighted by molar-refractivity contribution is -0.113. The van der Waals surface area contributed by atoms with E-state index in [1.807, 2.05) is 55.1 Å². The standard InChI is InChI=1S/C24H25N5OS/c1-17-6-10-19(11-7-17)25-23(30)16-31-24-27-26-22(15-21-5-4-14-28(21)3)29(24)20-12-8-18(2)9-13-20/h4-14H,15-16H2,1-3H3,(H,25,30). The first-order chi connectivity index (χ1) is 15.0. The Kier molecular flexibility index (Phi) is 6.23. The molecule has 158 valence electrons. The molecular formula is C24H25N5OS. The van der Waals surface area contributed by atoms with E-state index in [9.17, 15) is 4.79 Å². The maximum atomic E-state index is 12.5. The van der Waals surface area contributed by atoms with Gasteiger partial charge in [-0.25, -0.2) is 0 Å². The molecule has 4 rings (SSSR count). The van der Waals surface area contributed by atoms with Crippen LogP contribution in [-0.2, 0) is 18.3 Å². The second-order valence-electron chi connectivity index (χ2n) is 7.56. The van der Waals surface area contributed by atoms with Crippen molar-refractivity contribution in [1.29, 1.82) is 0 Å². The molecule has 0 aliphatic rings. The molecule has 0 atom stereocenters. The lowest BCUT2D eigenvalue weighted by Gasteiger charge is -2.11. The van der Waals surface area contributed by atoms with Gasteiger partial charge in [-0.05, 0) is 50.2 Å². The van der Waals surface area contributed by atoms with Crippen LogP contribution in [0.2, 0.25) is 0 Å². The number of amides is 1. The smallest absolute Gasteiger partial charge is 0.234 e. The molecule has 7 heteroatoms. The summed E-state index contributed by atoms with van der Waals surface area (Å²) in [5.41, 5.74) is 5.27. The number of carbonyl (C=O) groups excluding carboxylic acids is 1. The number of rotatable bonds is 7. The van der Waals surface area contributed by atoms with Crippen molar-refractivity contribution >= 4 is 23.4 Å². The van der Waals surface area contributed by atoms with Gasteiger partial charge in [0, 0.05) is 36.7 Å². The molecule has 0 aliphatic heterocycles. The minimum absolute atomic E-state index is 0.0729. The molecule has 31 heavy (non-hydrogen) atoms. The van der Waals surface area contributed by atoms with E-state index >= 15 is 0 Å². The van der Waals surface area contributed by atoms with Crippen molar-refractivity contribution in [2.45, 2.75) is 25.4 Å². The van der Waals surface area contributed by atoms with E-state index in [1.165, 1.54) is 17.3 Å². The van der Waals surface area contributed by atoms with Crippen LogP contribution in [0.1, 0.15) is 22.6 Å². The number of aryl methyl sites for hydroxylation is 3. The van der Waals surface area contributed by atoms with Crippen LogP contribution in [0.25, 0.3) is 5.69 Å². The summed E-state index contributed by atoms with van der Waals surface area (Å²) in [5.74, 6) is 1.02. The fourth-order valence-corrected chi connectivity index (χ4v) is 4.04. The first kappa shape index (κ1) is 20.9. The van der Waals surface area contributed by atoms with E-state index in [0.717, 1.165) is 28.5 Å². The van der Waals surface area contributed by atoms with Crippen molar-refractivity contribution < 1.29 is 4.79 Å². The number of hydrogen-bond donors (Lipinski definition) is 1. The molecule has 4 aromatic rings. The van der Waals surface area contributed by atoms with E-state index in [-0.39, 0.29) is 11.7 Å². The van der Waals surface area contributed by atoms with Gasteiger partial charge in [0.15, 0.2) is 5.16 Å². The number of anilines is 1. The Labute approximate surface area is 186 Å². The lowest BCUT2D eigenvalue weighted by atomic mass is 10.2. The highest BCUT2D eigenvalue weighted by Crippen LogP contribution is 2.24. The van der Waals surface area contributed by atoms with Crippen LogP contribution in [0.3, 0.4) is 0 Å². The number of hydrogen-bond acceptors (Lipinski definition) is 4. The summed E-state index contributed by atoms with van der Waals surface area (Å²) in [4.78, 5) is 12.5. The Morgan fingerprint density at radius 1 is 0.968 bits per heavy atom. The Hall–Kier alpha value is -3.32. The van der Waals surface area contributed by atoms with Gasteiger partial charge in [0.1, 0.15) is 5.82 Å². The molecular weight excluding hydrogens is 406 g/mol. The molecule has 0 unspecified atom stereocenters. The van der Waals surface area contributed by atoms with Crippen molar-refractivity contribution in [3.05, 3.63) is 89.5 Å². The molecule has 6 nitrogen and oxygen atoms in total. The van der Waals surface area contributed by atoms with E-state index < -0.39 is 0 Å². The average Bonchev–Trinajstić information content (AvgIpc) is 3.35. The minimum Gasteiger partial charge on any atom is -0.354 e. The Morgan fingerprint density at radius 2 is 1.65 bits per heavy atom. The van der Waals surface area contributed by atoms with Crippen LogP contribution >= 0.6 is 11.8 Å². The number of nitrogens with one attached hydrogen (secondary N) is 1. The second-order valence-corrected chi connectivity index (χ2v) is 8.50. The molecule has 0 fully saturated rings. The third-order valence-corrected chi connectivity index (χ3v) is 5.98. The van der Waals surface area contributed by atoms with Crippen molar-refractivity contribution in [3.8, 4) is 5.69 Å². The van der Waals surface area contributed by atoms with E-state index in [1.54, 1.807) is 0 Å². The van der Waals surface area contributed by atoms with Gasteiger partial charge in [-0.1, -0.05) is 47.2 Å². The number of aromatic nitrogens is 4. The van der Waals surface area contributed by atoms with Crippen LogP contribution < -0.4 is 5.32 Å². The zero-order chi connectivity index (χ0) is 21.8. The molecule has 0 spiro atoms. The highest BCUT2D eigenvalue weighted by atomic mass is 32.2. The molecule has 0 saturated heterocycles. The fourth-order valence-electron chi connectivity index (χ4n) is 3.27. The van der Waals surface area contributed by atoms with E-state index in [0.29, 0.717) is 11.6 Å². The average molecular weight is 432 g/mol. The molecule has 1 amide bonds. The number of nitrogens with zero attached hydrogens (tertiary/aromatic N) is 4. The number of benzene rings is 2. The van der Waals surface area contributed by atoms with Gasteiger partial charge in [0.2, 0.25) is 5.91 Å². The van der Waals surface area contributed by atoms with E-state index in [4.69, 9.17) is 0 Å². The maximum absolute atomic E-state index is 12.5. The predicted octanol–water partition coefficient (Wildman–Crippen LogP) is 4.54. The van der Waals surface area contributed by atoms with Crippen molar-refractivity contribution in [1.82, 2.24) is 19.3 Å². The topological polar surface area (TPSA) is 64.7 Å². The third-order valence-electron chi connectivity index (χ3n) is 5.05. The number of thioether (sulfide) groups is 1. The Bertz CT molecular complexity index is 1180. The zero-order valence-corrected chi connectivity index (χ0v) is 18.7. The third kappa shape index (κ3) is 5.06. The summed E-state index contributed by atoms with van der Waals surface area (Å²) < 4.78 is 4.12. The molecule has 0 radical (unpaired) electrons. The highest BCUT2D eigenvalue weighted by molar-refractivity contribution is 7.99. The van der Waals surface area contributed by atoms with Gasteiger partial charge in [-0.2, -0.15) is 0 Å². The summed E-state index contributed by atoms with van der Waals surface area (Å²) in [6.07, 6.45) is 2.67. The second kappa shape index (κ2) is 9.22. The van der Waals surface area contributed by atoms with Crippen molar-refractivity contribution in [2.75, 3.05) is 11.1 Å². The maximum Gasteiger partial charge on any atom is 0.234 e. The van der Waals surface area contributed by atoms with Crippen LogP contribution in [0.5, 0.6) is 0 Å². The van der Waals surface area contributed by atoms with Crippen molar-refractivity contribution in [2.24, 2.45) is 7.05 Å². The molecule has 2 aromatic carbocycles. The minimum atomic E-state index is -0.0729. The van der Waals surface area contributed by atoms with Gasteiger partial charge >= 0.3 is 0 Å². The monoisotopic (exact) mass is 431 g/mol. The van der Waals surface area contributed by atoms with Crippen LogP contribution in [-0.4, -0.2) is 31.0 Å². The largest absolute Gasteiger partial charge is 0.354 e. The number of carbonyl (C=O) groups is 1. The predicted molar refractivity (Wildman–Crippen MR) is 125 cm³/mol. The molecule has 0 bridgehead atoms. The first-order valence-electron chi connectivity index (χ1n) is 10.1. The van der Waals surface area contributed by atoms with Gasteiger partial charge in [0.05, 0.1) is 5.75 Å². The van der Waals surface area contributed by atoms with Crippen molar-refractivity contribution in [3.63, 3.8) is 0 Å². The van der Waals surface area contributed by atoms with Gasteiger partial charge < -0.3 is 9.88 Å². The van der Waals surface area contributed by atoms with Crippen LogP contribution in [0.15, 0.2) is 72.0 Å². The highest BCUT2D eigenvalue weighted by Gasteiger charge is 2.17. The Balaban J connectivity index is 1.55. The van der Waals surface area contributed by atoms with Crippen LogP contribution in [0, 0.1) is 13.8 Å². The molecule has 1 N–H and O–H groups in total. The lowest BCUT2D eigenvalue weighted by Crippen LogP contribution is -2.14. The zero-order valence-electron chi connectivity index (χ0n) is 17.9.